The molecule has 0 atom stereocenters. The van der Waals surface area contributed by atoms with Gasteiger partial charge in [-0.25, -0.2) is 0 Å². The van der Waals surface area contributed by atoms with Gasteiger partial charge in [-0.05, 0) is 12.1 Å². The Balaban J connectivity index is -0.0000000217. The minimum Gasteiger partial charge on any atom is -1.00 e. The molecule has 0 saturated heterocycles. The summed E-state index contributed by atoms with van der Waals surface area (Å²) in [7, 11) is 0. The summed E-state index contributed by atoms with van der Waals surface area (Å²) in [5.41, 5.74) is 0. The van der Waals surface area contributed by atoms with Gasteiger partial charge in [-0.2, -0.15) is 0 Å². The van der Waals surface area contributed by atoms with Crippen LogP contribution < -0.4 is 18.9 Å². The average molecular weight is 174 g/mol. The van der Waals surface area contributed by atoms with E-state index in [1.165, 1.54) is 0 Å². The summed E-state index contributed by atoms with van der Waals surface area (Å²) < 4.78 is 0. The molecule has 0 unspecified atom stereocenters. The molecule has 1 rings (SSSR count). The van der Waals surface area contributed by atoms with Gasteiger partial charge in [-0.1, -0.05) is 18.2 Å². The number of hydrogen-bond donors (Lipinski definition) is 1. The van der Waals surface area contributed by atoms with Crippen molar-refractivity contribution in [3.05, 3.63) is 30.3 Å². The number of para-hydroxylation sites is 1. The number of phenols is 1. The first-order valence-corrected chi connectivity index (χ1v) is 2.42. The maximum absolute atomic E-state index is 8.63. The number of benzene rings is 1. The number of carbonyl (C=O) groups is 1. The Morgan fingerprint density at radius 1 is 1.18 bits per heavy atom. The number of hydrogen-bond acceptors (Lipinski definition) is 2. The molecule has 0 aliphatic heterocycles. The van der Waals surface area contributed by atoms with Gasteiger partial charge in [0, 0.05) is 0 Å². The van der Waals surface area contributed by atoms with Crippen LogP contribution in [0.15, 0.2) is 30.3 Å². The third-order valence-electron chi connectivity index (χ3n) is 0.756. The van der Waals surface area contributed by atoms with E-state index in [-0.39, 0.29) is 60.9 Å². The van der Waals surface area contributed by atoms with Crippen LogP contribution in [0.2, 0.25) is 0 Å². The first kappa shape index (κ1) is 17.6. The van der Waals surface area contributed by atoms with Crippen molar-refractivity contribution in [2.45, 2.75) is 0 Å². The topological polar surface area (TPSA) is 37.3 Å². The number of rotatable bonds is 0. The molecule has 0 aliphatic carbocycles. The third-order valence-corrected chi connectivity index (χ3v) is 0.756. The summed E-state index contributed by atoms with van der Waals surface area (Å²) in [5, 5.41) is 8.63. The number of phenolic OH excluding ortho intramolecular Hbond substituents is 1. The molecular formula is C7H11CaLiO2. The zero-order valence-corrected chi connectivity index (χ0v) is 8.86. The van der Waals surface area contributed by atoms with E-state index in [4.69, 9.17) is 9.90 Å². The van der Waals surface area contributed by atoms with Crippen LogP contribution in [0.5, 0.6) is 5.75 Å². The maximum Gasteiger partial charge on any atom is 2.00 e. The first-order valence-electron chi connectivity index (χ1n) is 2.42. The normalized spacial score (nSPS) is 5.82. The molecule has 0 aliphatic rings. The Hall–Kier alpha value is 0.547. The molecule has 1 aromatic rings. The van der Waals surface area contributed by atoms with Crippen molar-refractivity contribution >= 4 is 44.5 Å². The maximum atomic E-state index is 8.63. The van der Waals surface area contributed by atoms with Gasteiger partial charge in [0.25, 0.3) is 0 Å². The predicted octanol–water partition coefficient (Wildman–Crippen LogP) is -1.83. The second kappa shape index (κ2) is 13.2. The zero-order valence-electron chi connectivity index (χ0n) is 9.66. The largest absolute Gasteiger partial charge is 2.00 e. The standard InChI is InChI=1S/C6H6O.CH2O.Ca.Li.3H/c7-6-4-2-1-3-5-6;1-2;;;;;/h1-5,7H;1H2;;;;;/q;;+2;+1;3*-1. The number of aromatic hydroxyl groups is 1. The monoisotopic (exact) mass is 174 g/mol. The molecule has 1 N–H and O–H groups in total. The van der Waals surface area contributed by atoms with E-state index in [0.717, 1.165) is 0 Å². The predicted molar refractivity (Wildman–Crippen MR) is 44.3 cm³/mol. The Morgan fingerprint density at radius 2 is 1.55 bits per heavy atom. The molecule has 0 bridgehead atoms. The molecule has 0 fully saturated rings. The fourth-order valence-electron chi connectivity index (χ4n) is 0.428. The molecule has 0 amide bonds. The SMILES string of the molecule is C=O.Oc1ccccc1.[Ca+2].[H-].[H-].[H-].[Li+]. The summed E-state index contributed by atoms with van der Waals surface area (Å²) in [4.78, 5) is 8.00. The van der Waals surface area contributed by atoms with Crippen molar-refractivity contribution in [1.82, 2.24) is 0 Å². The molecule has 0 spiro atoms. The van der Waals surface area contributed by atoms with Crippen molar-refractivity contribution in [3.63, 3.8) is 0 Å². The van der Waals surface area contributed by atoms with E-state index in [9.17, 15) is 0 Å². The van der Waals surface area contributed by atoms with Crippen LogP contribution in [-0.4, -0.2) is 49.6 Å². The summed E-state index contributed by atoms with van der Waals surface area (Å²) in [5.74, 6) is 0.322. The van der Waals surface area contributed by atoms with Crippen LogP contribution in [0.3, 0.4) is 0 Å². The molecule has 4 heteroatoms. The molecule has 0 radical (unpaired) electrons. The van der Waals surface area contributed by atoms with Crippen LogP contribution in [-0.2, 0) is 4.79 Å². The second-order valence-electron chi connectivity index (χ2n) is 1.34. The van der Waals surface area contributed by atoms with E-state index in [1.54, 1.807) is 24.3 Å². The third kappa shape index (κ3) is 10.5. The van der Waals surface area contributed by atoms with Crippen molar-refractivity contribution < 1.29 is 33.0 Å². The van der Waals surface area contributed by atoms with Crippen LogP contribution in [0.4, 0.5) is 0 Å². The van der Waals surface area contributed by atoms with E-state index >= 15 is 0 Å². The van der Waals surface area contributed by atoms with Gasteiger partial charge in [0.1, 0.15) is 12.5 Å². The van der Waals surface area contributed by atoms with Crippen molar-refractivity contribution in [3.8, 4) is 5.75 Å². The van der Waals surface area contributed by atoms with E-state index in [0.29, 0.717) is 5.75 Å². The summed E-state index contributed by atoms with van der Waals surface area (Å²) in [6.45, 7) is 2.00. The fraction of sp³-hybridized carbons (Fsp3) is 0. The molecule has 0 aromatic heterocycles. The first-order chi connectivity index (χ1) is 4.39. The smallest absolute Gasteiger partial charge is 1.00 e. The van der Waals surface area contributed by atoms with Gasteiger partial charge in [-0.3, -0.25) is 0 Å². The molecule has 11 heavy (non-hydrogen) atoms. The Bertz CT molecular complexity index is 168. The van der Waals surface area contributed by atoms with Gasteiger partial charge < -0.3 is 14.2 Å². The summed E-state index contributed by atoms with van der Waals surface area (Å²) in [6, 6.07) is 8.71. The van der Waals surface area contributed by atoms with Gasteiger partial charge in [0.05, 0.1) is 0 Å². The van der Waals surface area contributed by atoms with Crippen molar-refractivity contribution in [2.24, 2.45) is 0 Å². The summed E-state index contributed by atoms with van der Waals surface area (Å²) in [6.07, 6.45) is 0. The van der Waals surface area contributed by atoms with Crippen LogP contribution in [0.1, 0.15) is 4.28 Å². The van der Waals surface area contributed by atoms with Crippen LogP contribution in [0, 0.1) is 0 Å². The van der Waals surface area contributed by atoms with E-state index in [1.807, 2.05) is 12.9 Å². The Morgan fingerprint density at radius 3 is 1.73 bits per heavy atom. The molecule has 2 nitrogen and oxygen atoms in total. The van der Waals surface area contributed by atoms with Crippen LogP contribution in [0.25, 0.3) is 0 Å². The van der Waals surface area contributed by atoms with Crippen molar-refractivity contribution in [2.75, 3.05) is 0 Å². The van der Waals surface area contributed by atoms with Crippen LogP contribution >= 0.6 is 0 Å². The van der Waals surface area contributed by atoms with E-state index < -0.39 is 0 Å². The molecule has 0 saturated carbocycles. The zero-order chi connectivity index (χ0) is 7.11. The van der Waals surface area contributed by atoms with Gasteiger partial charge in [0.2, 0.25) is 0 Å². The molecule has 1 aromatic carbocycles. The second-order valence-corrected chi connectivity index (χ2v) is 1.34. The number of carbonyl (C=O) groups excluding carboxylic acids is 1. The minimum atomic E-state index is 0. The van der Waals surface area contributed by atoms with Gasteiger partial charge >= 0.3 is 56.6 Å². The molecule has 54 valence electrons. The molecule has 0 heterocycles. The fourth-order valence-corrected chi connectivity index (χ4v) is 0.428. The van der Waals surface area contributed by atoms with Gasteiger partial charge in [0.15, 0.2) is 0 Å². The molecular weight excluding hydrogens is 163 g/mol. The van der Waals surface area contributed by atoms with E-state index in [2.05, 4.69) is 0 Å². The minimum absolute atomic E-state index is 0. The quantitative estimate of drug-likeness (QED) is 0.470. The average Bonchev–Trinajstić information content (AvgIpc) is 1.94. The van der Waals surface area contributed by atoms with Gasteiger partial charge in [-0.15, -0.1) is 0 Å². The van der Waals surface area contributed by atoms with Crippen molar-refractivity contribution in [1.29, 1.82) is 0 Å². The Labute approximate surface area is 113 Å². The Kier molecular flexibility index (Phi) is 21.0. The summed E-state index contributed by atoms with van der Waals surface area (Å²) >= 11 is 0.